The Balaban J connectivity index is 2.77. The molecule has 1 aromatic carbocycles. The summed E-state index contributed by atoms with van der Waals surface area (Å²) < 4.78 is 5.36. The van der Waals surface area contributed by atoms with Crippen LogP contribution in [0.15, 0.2) is 24.4 Å². The van der Waals surface area contributed by atoms with Crippen molar-refractivity contribution in [2.45, 2.75) is 20.0 Å². The van der Waals surface area contributed by atoms with Gasteiger partial charge in [-0.05, 0) is 26.0 Å². The van der Waals surface area contributed by atoms with Crippen LogP contribution in [0.5, 0.6) is 0 Å². The zero-order valence-corrected chi connectivity index (χ0v) is 9.82. The number of pyridine rings is 1. The van der Waals surface area contributed by atoms with Gasteiger partial charge in [-0.1, -0.05) is 11.6 Å². The Morgan fingerprint density at radius 1 is 1.38 bits per heavy atom. The second-order valence-corrected chi connectivity index (χ2v) is 4.03. The quantitative estimate of drug-likeness (QED) is 0.839. The molecule has 0 aliphatic heterocycles. The average molecular weight is 216 g/mol. The summed E-state index contributed by atoms with van der Waals surface area (Å²) in [7, 11) is 1.69. The molecular formula is C13H16N2O. The Kier molecular flexibility index (Phi) is 2.79. The summed E-state index contributed by atoms with van der Waals surface area (Å²) in [6.45, 7) is 4.05. The van der Waals surface area contributed by atoms with Crippen molar-refractivity contribution in [3.63, 3.8) is 0 Å². The number of ether oxygens (including phenoxy) is 1. The second-order valence-electron chi connectivity index (χ2n) is 4.03. The highest BCUT2D eigenvalue weighted by molar-refractivity contribution is 5.87. The lowest BCUT2D eigenvalue weighted by Gasteiger charge is -2.15. The second kappa shape index (κ2) is 4.10. The van der Waals surface area contributed by atoms with E-state index in [4.69, 9.17) is 10.5 Å². The summed E-state index contributed by atoms with van der Waals surface area (Å²) >= 11 is 0. The molecule has 2 rings (SSSR count). The van der Waals surface area contributed by atoms with Gasteiger partial charge in [0.1, 0.15) is 0 Å². The molecule has 0 aliphatic carbocycles. The van der Waals surface area contributed by atoms with E-state index in [9.17, 15) is 0 Å². The van der Waals surface area contributed by atoms with Crippen molar-refractivity contribution in [2.75, 3.05) is 12.8 Å². The van der Waals surface area contributed by atoms with Gasteiger partial charge in [0.15, 0.2) is 0 Å². The normalized spacial score (nSPS) is 12.9. The molecule has 1 aromatic heterocycles. The van der Waals surface area contributed by atoms with Crippen LogP contribution in [0.1, 0.15) is 24.2 Å². The first kappa shape index (κ1) is 10.9. The van der Waals surface area contributed by atoms with Gasteiger partial charge in [0, 0.05) is 18.1 Å². The zero-order chi connectivity index (χ0) is 11.7. The zero-order valence-electron chi connectivity index (χ0n) is 9.82. The van der Waals surface area contributed by atoms with Crippen LogP contribution in [0, 0.1) is 6.92 Å². The van der Waals surface area contributed by atoms with Gasteiger partial charge in [-0.2, -0.15) is 0 Å². The fourth-order valence-electron chi connectivity index (χ4n) is 1.91. The van der Waals surface area contributed by atoms with Crippen LogP contribution in [0.4, 0.5) is 5.69 Å². The molecule has 0 saturated heterocycles. The maximum absolute atomic E-state index is 5.97. The number of rotatable bonds is 2. The fourth-order valence-corrected chi connectivity index (χ4v) is 1.91. The molecule has 0 aliphatic rings. The number of benzene rings is 1. The summed E-state index contributed by atoms with van der Waals surface area (Å²) in [6, 6.07) is 6.16. The first-order chi connectivity index (χ1) is 7.63. The topological polar surface area (TPSA) is 48.1 Å². The fraction of sp³-hybridized carbons (Fsp3) is 0.308. The number of fused-ring (bicyclic) bond motifs is 1. The highest BCUT2D eigenvalue weighted by Crippen LogP contribution is 2.30. The average Bonchev–Trinajstić information content (AvgIpc) is 2.28. The third-order valence-corrected chi connectivity index (χ3v) is 2.86. The largest absolute Gasteiger partial charge is 0.397 e. The molecule has 0 radical (unpaired) electrons. The van der Waals surface area contributed by atoms with Gasteiger partial charge in [-0.15, -0.1) is 0 Å². The van der Waals surface area contributed by atoms with Crippen molar-refractivity contribution in [3.8, 4) is 0 Å². The molecule has 0 bridgehead atoms. The van der Waals surface area contributed by atoms with Crippen molar-refractivity contribution in [1.29, 1.82) is 0 Å². The molecule has 0 spiro atoms. The molecule has 2 aromatic rings. The molecule has 0 fully saturated rings. The molecule has 1 atom stereocenters. The van der Waals surface area contributed by atoms with E-state index in [1.807, 2.05) is 19.1 Å². The van der Waals surface area contributed by atoms with Crippen molar-refractivity contribution in [2.24, 2.45) is 0 Å². The Bertz CT molecular complexity index is 517. The standard InChI is InChI=1S/C13H16N2O/c1-8-4-5-12-10(6-8)13(9(2)16-3)11(14)7-15-12/h4-7,9H,14H2,1-3H3. The third-order valence-electron chi connectivity index (χ3n) is 2.86. The van der Waals surface area contributed by atoms with E-state index in [1.165, 1.54) is 5.56 Å². The minimum Gasteiger partial charge on any atom is -0.397 e. The predicted molar refractivity (Wildman–Crippen MR) is 66.3 cm³/mol. The summed E-state index contributed by atoms with van der Waals surface area (Å²) in [5.74, 6) is 0. The molecular weight excluding hydrogens is 200 g/mol. The highest BCUT2D eigenvalue weighted by Gasteiger charge is 2.13. The number of nitrogens with zero attached hydrogens (tertiary/aromatic N) is 1. The van der Waals surface area contributed by atoms with Crippen molar-refractivity contribution in [3.05, 3.63) is 35.5 Å². The van der Waals surface area contributed by atoms with Gasteiger partial charge in [-0.3, -0.25) is 4.98 Å². The van der Waals surface area contributed by atoms with Crippen LogP contribution >= 0.6 is 0 Å². The lowest BCUT2D eigenvalue weighted by molar-refractivity contribution is 0.121. The van der Waals surface area contributed by atoms with E-state index in [2.05, 4.69) is 18.0 Å². The highest BCUT2D eigenvalue weighted by atomic mass is 16.5. The Morgan fingerprint density at radius 2 is 2.12 bits per heavy atom. The Hall–Kier alpha value is -1.61. The summed E-state index contributed by atoms with van der Waals surface area (Å²) in [4.78, 5) is 4.32. The van der Waals surface area contributed by atoms with Gasteiger partial charge in [-0.25, -0.2) is 0 Å². The van der Waals surface area contributed by atoms with E-state index in [0.717, 1.165) is 16.5 Å². The van der Waals surface area contributed by atoms with Crippen molar-refractivity contribution < 1.29 is 4.74 Å². The van der Waals surface area contributed by atoms with Crippen LogP contribution in [0.2, 0.25) is 0 Å². The van der Waals surface area contributed by atoms with Crippen molar-refractivity contribution >= 4 is 16.6 Å². The van der Waals surface area contributed by atoms with Crippen LogP contribution in [-0.4, -0.2) is 12.1 Å². The summed E-state index contributed by atoms with van der Waals surface area (Å²) in [5, 5.41) is 1.08. The maximum Gasteiger partial charge on any atom is 0.0820 e. The molecule has 3 heteroatoms. The Morgan fingerprint density at radius 3 is 2.81 bits per heavy atom. The molecule has 2 N–H and O–H groups in total. The number of aromatic nitrogens is 1. The van der Waals surface area contributed by atoms with E-state index in [1.54, 1.807) is 13.3 Å². The molecule has 1 unspecified atom stereocenters. The SMILES string of the molecule is COC(C)c1c(N)cnc2ccc(C)cc12. The van der Waals surface area contributed by atoms with E-state index < -0.39 is 0 Å². The van der Waals surface area contributed by atoms with E-state index >= 15 is 0 Å². The van der Waals surface area contributed by atoms with Gasteiger partial charge in [0.2, 0.25) is 0 Å². The number of hydrogen-bond acceptors (Lipinski definition) is 3. The molecule has 16 heavy (non-hydrogen) atoms. The third kappa shape index (κ3) is 1.74. The molecule has 1 heterocycles. The van der Waals surface area contributed by atoms with Crippen molar-refractivity contribution in [1.82, 2.24) is 4.98 Å². The van der Waals surface area contributed by atoms with Crippen LogP contribution in [0.25, 0.3) is 10.9 Å². The number of nitrogens with two attached hydrogens (primary N) is 1. The minimum atomic E-state index is -0.0210. The maximum atomic E-state index is 5.97. The summed E-state index contributed by atoms with van der Waals surface area (Å²) in [5.41, 5.74) is 9.84. The van der Waals surface area contributed by atoms with Gasteiger partial charge in [0.05, 0.1) is 23.5 Å². The number of anilines is 1. The number of aryl methyl sites for hydroxylation is 1. The van der Waals surface area contributed by atoms with E-state index in [-0.39, 0.29) is 6.10 Å². The van der Waals surface area contributed by atoms with Gasteiger partial charge in [0.25, 0.3) is 0 Å². The van der Waals surface area contributed by atoms with Gasteiger partial charge < -0.3 is 10.5 Å². The summed E-state index contributed by atoms with van der Waals surface area (Å²) in [6.07, 6.45) is 1.68. The number of methoxy groups -OCH3 is 1. The smallest absolute Gasteiger partial charge is 0.0820 e. The molecule has 84 valence electrons. The van der Waals surface area contributed by atoms with E-state index in [0.29, 0.717) is 5.69 Å². The number of nitrogen functional groups attached to an aromatic ring is 1. The minimum absolute atomic E-state index is 0.0210. The number of hydrogen-bond donors (Lipinski definition) is 1. The molecule has 0 saturated carbocycles. The first-order valence-corrected chi connectivity index (χ1v) is 5.31. The lowest BCUT2D eigenvalue weighted by atomic mass is 10.0. The predicted octanol–water partition coefficient (Wildman–Crippen LogP) is 2.83. The monoisotopic (exact) mass is 216 g/mol. The van der Waals surface area contributed by atoms with Crippen LogP contribution < -0.4 is 5.73 Å². The van der Waals surface area contributed by atoms with Crippen LogP contribution in [-0.2, 0) is 4.74 Å². The van der Waals surface area contributed by atoms with Gasteiger partial charge >= 0.3 is 0 Å². The van der Waals surface area contributed by atoms with Crippen LogP contribution in [0.3, 0.4) is 0 Å². The Labute approximate surface area is 95.2 Å². The first-order valence-electron chi connectivity index (χ1n) is 5.31. The molecule has 3 nitrogen and oxygen atoms in total. The lowest BCUT2D eigenvalue weighted by Crippen LogP contribution is -2.03. The molecule has 0 amide bonds.